The molecule has 2 aliphatic rings. The first-order chi connectivity index (χ1) is 15.7. The molecule has 0 radical (unpaired) electrons. The van der Waals surface area contributed by atoms with E-state index in [2.05, 4.69) is 27.9 Å². The van der Waals surface area contributed by atoms with Crippen LogP contribution in [0, 0.1) is 5.92 Å². The molecule has 0 spiro atoms. The molecule has 3 N–H and O–H groups in total. The van der Waals surface area contributed by atoms with Gasteiger partial charge in [-0.05, 0) is 56.7 Å². The summed E-state index contributed by atoms with van der Waals surface area (Å²) in [6, 6.07) is 8.26. The Morgan fingerprint density at radius 2 is 2.00 bits per heavy atom. The van der Waals surface area contributed by atoms with E-state index in [-0.39, 0.29) is 36.5 Å². The predicted molar refractivity (Wildman–Crippen MR) is 141 cm³/mol. The second-order valence-corrected chi connectivity index (χ2v) is 8.37. The van der Waals surface area contributed by atoms with Gasteiger partial charge in [0.2, 0.25) is 0 Å². The molecule has 1 aliphatic heterocycles. The number of nitrogens with zero attached hydrogens (tertiary/aromatic N) is 1. The van der Waals surface area contributed by atoms with Crippen molar-refractivity contribution < 1.29 is 19.0 Å². The highest BCUT2D eigenvalue weighted by atomic mass is 127. The second kappa shape index (κ2) is 16.1. The van der Waals surface area contributed by atoms with Crippen molar-refractivity contribution in [3.63, 3.8) is 0 Å². The summed E-state index contributed by atoms with van der Waals surface area (Å²) >= 11 is 0. The lowest BCUT2D eigenvalue weighted by atomic mass is 10.1. The number of hydrogen-bond donors (Lipinski definition) is 3. The molecule has 3 rings (SSSR count). The summed E-state index contributed by atoms with van der Waals surface area (Å²) in [4.78, 5) is 16.3. The Morgan fingerprint density at radius 1 is 1.18 bits per heavy atom. The smallest absolute Gasteiger partial charge is 0.258 e. The van der Waals surface area contributed by atoms with E-state index in [1.807, 2.05) is 24.3 Å². The van der Waals surface area contributed by atoms with Gasteiger partial charge in [-0.1, -0.05) is 12.1 Å². The van der Waals surface area contributed by atoms with Crippen molar-refractivity contribution in [3.8, 4) is 5.75 Å². The third kappa shape index (κ3) is 11.9. The molecule has 2 fully saturated rings. The van der Waals surface area contributed by atoms with Crippen molar-refractivity contribution in [2.45, 2.75) is 45.1 Å². The van der Waals surface area contributed by atoms with Gasteiger partial charge in [-0.15, -0.1) is 24.0 Å². The first kappa shape index (κ1) is 27.7. The summed E-state index contributed by atoms with van der Waals surface area (Å²) in [5.41, 5.74) is 1.20. The van der Waals surface area contributed by atoms with Gasteiger partial charge in [0.25, 0.3) is 5.91 Å². The molecular weight excluding hydrogens is 535 g/mol. The molecule has 1 heterocycles. The van der Waals surface area contributed by atoms with Crippen molar-refractivity contribution in [3.05, 3.63) is 29.8 Å². The van der Waals surface area contributed by atoms with Gasteiger partial charge in [-0.2, -0.15) is 0 Å². The zero-order valence-electron chi connectivity index (χ0n) is 19.6. The molecule has 1 amide bonds. The third-order valence-electron chi connectivity index (χ3n) is 5.38. The van der Waals surface area contributed by atoms with E-state index in [0.29, 0.717) is 17.7 Å². The van der Waals surface area contributed by atoms with Crippen LogP contribution >= 0.6 is 24.0 Å². The van der Waals surface area contributed by atoms with Crippen LogP contribution in [0.15, 0.2) is 29.3 Å². The quantitative estimate of drug-likeness (QED) is 0.137. The number of carbonyl (C=O) groups excluding carboxylic acids is 1. The summed E-state index contributed by atoms with van der Waals surface area (Å²) in [6.45, 7) is 7.70. The number of halogens is 1. The summed E-state index contributed by atoms with van der Waals surface area (Å²) < 4.78 is 16.7. The van der Waals surface area contributed by atoms with Crippen molar-refractivity contribution in [2.24, 2.45) is 10.9 Å². The molecule has 1 aromatic carbocycles. The van der Waals surface area contributed by atoms with Crippen LogP contribution in [0.1, 0.15) is 38.2 Å². The van der Waals surface area contributed by atoms with Crippen LogP contribution in [0.5, 0.6) is 5.75 Å². The zero-order chi connectivity index (χ0) is 22.4. The summed E-state index contributed by atoms with van der Waals surface area (Å²) in [5.74, 6) is 2.06. The van der Waals surface area contributed by atoms with E-state index in [1.54, 1.807) is 0 Å². The Morgan fingerprint density at radius 3 is 2.70 bits per heavy atom. The summed E-state index contributed by atoms with van der Waals surface area (Å²) in [7, 11) is 0. The molecule has 9 heteroatoms. The second-order valence-electron chi connectivity index (χ2n) is 8.37. The number of rotatable bonds is 14. The number of hydrogen-bond acceptors (Lipinski definition) is 5. The molecule has 0 bridgehead atoms. The highest BCUT2D eigenvalue weighted by molar-refractivity contribution is 14.0. The fraction of sp³-hybridized carbons (Fsp3) is 0.667. The molecule has 1 saturated heterocycles. The maximum absolute atomic E-state index is 11.7. The number of amides is 1. The molecule has 0 aromatic heterocycles. The van der Waals surface area contributed by atoms with Gasteiger partial charge in [0.15, 0.2) is 12.6 Å². The number of ether oxygens (including phenoxy) is 3. The average molecular weight is 575 g/mol. The lowest BCUT2D eigenvalue weighted by Crippen LogP contribution is -2.38. The van der Waals surface area contributed by atoms with E-state index in [1.165, 1.54) is 5.56 Å². The molecule has 1 atom stereocenters. The van der Waals surface area contributed by atoms with E-state index >= 15 is 0 Å². The topological polar surface area (TPSA) is 93.2 Å². The van der Waals surface area contributed by atoms with Gasteiger partial charge in [0, 0.05) is 44.8 Å². The van der Waals surface area contributed by atoms with E-state index < -0.39 is 0 Å². The van der Waals surface area contributed by atoms with Gasteiger partial charge in [0.05, 0.1) is 13.2 Å². The van der Waals surface area contributed by atoms with Gasteiger partial charge >= 0.3 is 0 Å². The number of aliphatic imine (C=N–C) groups is 1. The zero-order valence-corrected chi connectivity index (χ0v) is 22.0. The Bertz CT molecular complexity index is 707. The highest BCUT2D eigenvalue weighted by Gasteiger charge is 2.23. The van der Waals surface area contributed by atoms with E-state index in [4.69, 9.17) is 14.2 Å². The van der Waals surface area contributed by atoms with E-state index in [0.717, 1.165) is 84.1 Å². The Kier molecular flexibility index (Phi) is 13.5. The Labute approximate surface area is 214 Å². The van der Waals surface area contributed by atoms with Crippen LogP contribution in [0.3, 0.4) is 0 Å². The van der Waals surface area contributed by atoms with Crippen molar-refractivity contribution in [2.75, 3.05) is 52.7 Å². The monoisotopic (exact) mass is 574 g/mol. The highest BCUT2D eigenvalue weighted by Crippen LogP contribution is 2.18. The molecule has 1 saturated carbocycles. The first-order valence-electron chi connectivity index (χ1n) is 11.9. The van der Waals surface area contributed by atoms with Crippen molar-refractivity contribution in [1.29, 1.82) is 0 Å². The fourth-order valence-corrected chi connectivity index (χ4v) is 3.39. The number of nitrogens with one attached hydrogen (secondary N) is 3. The van der Waals surface area contributed by atoms with Gasteiger partial charge < -0.3 is 30.2 Å². The van der Waals surface area contributed by atoms with Crippen molar-refractivity contribution in [1.82, 2.24) is 16.0 Å². The maximum Gasteiger partial charge on any atom is 0.258 e. The molecule has 1 aromatic rings. The van der Waals surface area contributed by atoms with Crippen LogP contribution in [0.2, 0.25) is 0 Å². The third-order valence-corrected chi connectivity index (χ3v) is 5.38. The minimum Gasteiger partial charge on any atom is -0.484 e. The number of benzene rings is 1. The molecule has 1 unspecified atom stereocenters. The van der Waals surface area contributed by atoms with Crippen LogP contribution in [-0.4, -0.2) is 70.6 Å². The summed E-state index contributed by atoms with van der Waals surface area (Å²) in [6.07, 6.45) is 5.06. The lowest BCUT2D eigenvalue weighted by Gasteiger charge is -2.12. The summed E-state index contributed by atoms with van der Waals surface area (Å²) in [5, 5.41) is 9.58. The largest absolute Gasteiger partial charge is 0.484 e. The molecule has 186 valence electrons. The first-order valence-corrected chi connectivity index (χ1v) is 11.9. The number of guanidine groups is 1. The Balaban J connectivity index is 0.00000385. The van der Waals surface area contributed by atoms with Gasteiger partial charge in [-0.25, -0.2) is 0 Å². The predicted octanol–water partition coefficient (Wildman–Crippen LogP) is 2.50. The van der Waals surface area contributed by atoms with Crippen LogP contribution in [-0.2, 0) is 20.7 Å². The molecular formula is C24H39IN4O4. The molecule has 1 aliphatic carbocycles. The minimum atomic E-state index is -0.0500. The van der Waals surface area contributed by atoms with Crippen LogP contribution in [0.4, 0.5) is 0 Å². The minimum absolute atomic E-state index is 0. The Hall–Kier alpha value is -1.59. The maximum atomic E-state index is 11.7. The molecule has 33 heavy (non-hydrogen) atoms. The normalized spacial score (nSPS) is 17.8. The van der Waals surface area contributed by atoms with Crippen molar-refractivity contribution >= 4 is 35.8 Å². The van der Waals surface area contributed by atoms with Crippen LogP contribution < -0.4 is 20.7 Å². The van der Waals surface area contributed by atoms with Gasteiger partial charge in [0.1, 0.15) is 5.75 Å². The fourth-order valence-electron chi connectivity index (χ4n) is 3.39. The average Bonchev–Trinajstić information content (AvgIpc) is 3.45. The van der Waals surface area contributed by atoms with E-state index in [9.17, 15) is 4.79 Å². The lowest BCUT2D eigenvalue weighted by molar-refractivity contribution is -0.123. The SMILES string of the molecule is CCNC(=NCCCOCC1CCOC1)NCCc1ccc(OCC(=O)NC2CC2)cc1.I. The van der Waals surface area contributed by atoms with Gasteiger partial charge in [-0.3, -0.25) is 9.79 Å². The number of carbonyl (C=O) groups is 1. The molecule has 8 nitrogen and oxygen atoms in total. The van der Waals surface area contributed by atoms with Crippen LogP contribution in [0.25, 0.3) is 0 Å². The standard InChI is InChI=1S/C24H38N4O4.HI/c1-2-25-24(26-12-3-14-30-16-20-11-15-31-17-20)27-13-10-19-4-8-22(9-5-19)32-18-23(29)28-21-6-7-21;/h4-5,8-9,20-21H,2-3,6-7,10-18H2,1H3,(H,28,29)(H2,25,26,27);1H.